The van der Waals surface area contributed by atoms with E-state index in [4.69, 9.17) is 4.74 Å². The molecule has 0 radical (unpaired) electrons. The molecule has 1 amide bonds. The highest BCUT2D eigenvalue weighted by Crippen LogP contribution is 2.23. The van der Waals surface area contributed by atoms with Gasteiger partial charge in [-0.05, 0) is 35.4 Å². The number of amides is 1. The number of benzene rings is 2. The summed E-state index contributed by atoms with van der Waals surface area (Å²) in [6, 6.07) is 12.7. The van der Waals surface area contributed by atoms with Crippen molar-refractivity contribution in [3.8, 4) is 5.75 Å². The van der Waals surface area contributed by atoms with Crippen molar-refractivity contribution in [3.05, 3.63) is 65.2 Å². The molecule has 132 valence electrons. The molecular weight excluding hydrogens is 335 g/mol. The van der Waals surface area contributed by atoms with Gasteiger partial charge in [0.2, 0.25) is 0 Å². The van der Waals surface area contributed by atoms with Gasteiger partial charge < -0.3 is 14.8 Å². The molecule has 25 heavy (non-hydrogen) atoms. The van der Waals surface area contributed by atoms with Gasteiger partial charge in [-0.3, -0.25) is 4.79 Å². The summed E-state index contributed by atoms with van der Waals surface area (Å²) in [5.74, 6) is -0.739. The van der Waals surface area contributed by atoms with Gasteiger partial charge in [-0.1, -0.05) is 24.3 Å². The summed E-state index contributed by atoms with van der Waals surface area (Å²) in [6.07, 6.45) is -4.18. The van der Waals surface area contributed by atoms with E-state index >= 15 is 0 Å². The second kappa shape index (κ2) is 7.14. The Morgan fingerprint density at radius 3 is 2.48 bits per heavy atom. The predicted octanol–water partition coefficient (Wildman–Crippen LogP) is 3.46. The Balaban J connectivity index is 1.53. The maximum absolute atomic E-state index is 12.1. The number of alkyl halides is 3. The number of carbonyl (C=O) groups is 1. The molecule has 2 aromatic rings. The normalized spacial score (nSPS) is 16.8. The van der Waals surface area contributed by atoms with Crippen LogP contribution in [0.5, 0.6) is 5.75 Å². The SMILES string of the molecule is O=C(NCC1Cc2ccccc2CO1)c1ccc(OC(F)(F)F)cc1. The molecule has 0 fully saturated rings. The fourth-order valence-electron chi connectivity index (χ4n) is 2.66. The molecule has 7 heteroatoms. The summed E-state index contributed by atoms with van der Waals surface area (Å²) in [5, 5.41) is 2.74. The number of ether oxygens (including phenoxy) is 2. The van der Waals surface area contributed by atoms with Gasteiger partial charge in [0.25, 0.3) is 5.91 Å². The Kier molecular flexibility index (Phi) is 4.94. The van der Waals surface area contributed by atoms with Crippen molar-refractivity contribution in [3.63, 3.8) is 0 Å². The monoisotopic (exact) mass is 351 g/mol. The Labute approximate surface area is 142 Å². The zero-order valence-electron chi connectivity index (χ0n) is 13.2. The average molecular weight is 351 g/mol. The zero-order chi connectivity index (χ0) is 17.9. The van der Waals surface area contributed by atoms with E-state index in [1.807, 2.05) is 24.3 Å². The Morgan fingerprint density at radius 1 is 1.12 bits per heavy atom. The van der Waals surface area contributed by atoms with Crippen molar-refractivity contribution < 1.29 is 27.4 Å². The molecule has 1 aliphatic heterocycles. The first kappa shape index (κ1) is 17.3. The maximum Gasteiger partial charge on any atom is 0.573 e. The molecule has 3 rings (SSSR count). The van der Waals surface area contributed by atoms with Crippen molar-refractivity contribution in [2.45, 2.75) is 25.5 Å². The second-order valence-electron chi connectivity index (χ2n) is 5.69. The Bertz CT molecular complexity index is 744. The van der Waals surface area contributed by atoms with Gasteiger partial charge in [0.1, 0.15) is 5.75 Å². The molecule has 1 atom stereocenters. The van der Waals surface area contributed by atoms with Gasteiger partial charge >= 0.3 is 6.36 Å². The minimum Gasteiger partial charge on any atom is -0.406 e. The van der Waals surface area contributed by atoms with E-state index in [0.29, 0.717) is 19.6 Å². The molecule has 0 saturated heterocycles. The molecule has 4 nitrogen and oxygen atoms in total. The lowest BCUT2D eigenvalue weighted by Gasteiger charge is -2.25. The fourth-order valence-corrected chi connectivity index (χ4v) is 2.66. The highest BCUT2D eigenvalue weighted by Gasteiger charge is 2.31. The summed E-state index contributed by atoms with van der Waals surface area (Å²) < 4.78 is 45.8. The first-order chi connectivity index (χ1) is 11.9. The molecule has 0 bridgehead atoms. The van der Waals surface area contributed by atoms with Gasteiger partial charge in [-0.15, -0.1) is 13.2 Å². The first-order valence-electron chi connectivity index (χ1n) is 7.73. The highest BCUT2D eigenvalue weighted by atomic mass is 19.4. The van der Waals surface area contributed by atoms with Gasteiger partial charge in [0.05, 0.1) is 12.7 Å². The molecule has 0 spiro atoms. The van der Waals surface area contributed by atoms with Crippen LogP contribution < -0.4 is 10.1 Å². The molecule has 0 aliphatic carbocycles. The summed E-state index contributed by atoms with van der Waals surface area (Å²) in [7, 11) is 0. The molecule has 0 saturated carbocycles. The van der Waals surface area contributed by atoms with Crippen molar-refractivity contribution in [2.75, 3.05) is 6.54 Å². The lowest BCUT2D eigenvalue weighted by molar-refractivity contribution is -0.274. The zero-order valence-corrected chi connectivity index (χ0v) is 13.2. The average Bonchev–Trinajstić information content (AvgIpc) is 2.59. The van der Waals surface area contributed by atoms with E-state index in [1.165, 1.54) is 17.7 Å². The third kappa shape index (κ3) is 4.73. The quantitative estimate of drug-likeness (QED) is 0.918. The lowest BCUT2D eigenvalue weighted by atomic mass is 9.99. The number of halogens is 3. The van der Waals surface area contributed by atoms with Crippen LogP contribution in [-0.2, 0) is 17.8 Å². The number of rotatable bonds is 4. The Hall–Kier alpha value is -2.54. The van der Waals surface area contributed by atoms with Crippen LogP contribution in [0.25, 0.3) is 0 Å². The number of hydrogen-bond acceptors (Lipinski definition) is 3. The molecule has 1 aliphatic rings. The number of fused-ring (bicyclic) bond motifs is 1. The van der Waals surface area contributed by atoms with Crippen LogP contribution in [0.2, 0.25) is 0 Å². The lowest BCUT2D eigenvalue weighted by Crippen LogP contribution is -2.36. The molecule has 1 unspecified atom stereocenters. The van der Waals surface area contributed by atoms with Crippen molar-refractivity contribution >= 4 is 5.91 Å². The number of nitrogens with one attached hydrogen (secondary N) is 1. The maximum atomic E-state index is 12.1. The van der Waals surface area contributed by atoms with E-state index in [2.05, 4.69) is 10.1 Å². The highest BCUT2D eigenvalue weighted by molar-refractivity contribution is 5.94. The first-order valence-corrected chi connectivity index (χ1v) is 7.73. The largest absolute Gasteiger partial charge is 0.573 e. The van der Waals surface area contributed by atoms with Crippen LogP contribution in [-0.4, -0.2) is 24.9 Å². The van der Waals surface area contributed by atoms with Gasteiger partial charge in [0.15, 0.2) is 0 Å². The summed E-state index contributed by atoms with van der Waals surface area (Å²) in [4.78, 5) is 12.1. The van der Waals surface area contributed by atoms with Crippen LogP contribution in [0.4, 0.5) is 13.2 Å². The van der Waals surface area contributed by atoms with Gasteiger partial charge in [-0.2, -0.15) is 0 Å². The fraction of sp³-hybridized carbons (Fsp3) is 0.278. The van der Waals surface area contributed by atoms with E-state index in [-0.39, 0.29) is 23.3 Å². The van der Waals surface area contributed by atoms with E-state index in [9.17, 15) is 18.0 Å². The smallest absolute Gasteiger partial charge is 0.406 e. The van der Waals surface area contributed by atoms with Crippen molar-refractivity contribution in [1.82, 2.24) is 5.32 Å². The topological polar surface area (TPSA) is 47.6 Å². The number of hydrogen-bond donors (Lipinski definition) is 1. The van der Waals surface area contributed by atoms with E-state index < -0.39 is 6.36 Å². The Morgan fingerprint density at radius 2 is 1.80 bits per heavy atom. The third-order valence-corrected chi connectivity index (χ3v) is 3.88. The third-order valence-electron chi connectivity index (χ3n) is 3.88. The molecular formula is C18H16F3NO3. The minimum absolute atomic E-state index is 0.133. The van der Waals surface area contributed by atoms with Gasteiger partial charge in [-0.25, -0.2) is 0 Å². The van der Waals surface area contributed by atoms with E-state index in [0.717, 1.165) is 17.7 Å². The van der Waals surface area contributed by atoms with Crippen LogP contribution >= 0.6 is 0 Å². The summed E-state index contributed by atoms with van der Waals surface area (Å²) in [6.45, 7) is 0.828. The molecule has 2 aromatic carbocycles. The van der Waals surface area contributed by atoms with Crippen LogP contribution in [0.3, 0.4) is 0 Å². The predicted molar refractivity (Wildman–Crippen MR) is 84.2 cm³/mol. The van der Waals surface area contributed by atoms with Crippen LogP contribution in [0.15, 0.2) is 48.5 Å². The molecule has 0 aromatic heterocycles. The summed E-state index contributed by atoms with van der Waals surface area (Å²) >= 11 is 0. The molecule has 1 heterocycles. The summed E-state index contributed by atoms with van der Waals surface area (Å²) in [5.41, 5.74) is 2.60. The van der Waals surface area contributed by atoms with Crippen LogP contribution in [0, 0.1) is 0 Å². The number of carbonyl (C=O) groups excluding carboxylic acids is 1. The molecule has 1 N–H and O–H groups in total. The second-order valence-corrected chi connectivity index (χ2v) is 5.69. The van der Waals surface area contributed by atoms with Crippen LogP contribution in [0.1, 0.15) is 21.5 Å². The standard InChI is InChI=1S/C18H16F3NO3/c19-18(20,21)25-15-7-5-12(6-8-15)17(23)22-10-16-9-13-3-1-2-4-14(13)11-24-16/h1-8,16H,9-11H2,(H,22,23). The minimum atomic E-state index is -4.75. The van der Waals surface area contributed by atoms with Gasteiger partial charge in [0, 0.05) is 18.5 Å². The van der Waals surface area contributed by atoms with E-state index in [1.54, 1.807) is 0 Å². The van der Waals surface area contributed by atoms with Crippen molar-refractivity contribution in [2.24, 2.45) is 0 Å². The van der Waals surface area contributed by atoms with Crippen molar-refractivity contribution in [1.29, 1.82) is 0 Å².